The van der Waals surface area contributed by atoms with Crippen LogP contribution in [0.25, 0.3) is 0 Å². The normalized spacial score (nSPS) is 11.7. The molecule has 0 saturated carbocycles. The van der Waals surface area contributed by atoms with Crippen LogP contribution in [0, 0.1) is 0 Å². The fraction of sp³-hybridized carbons (Fsp3) is 0.267. The van der Waals surface area contributed by atoms with Gasteiger partial charge in [-0.15, -0.1) is 0 Å². The van der Waals surface area contributed by atoms with Crippen molar-refractivity contribution in [1.29, 1.82) is 0 Å². The predicted octanol–water partition coefficient (Wildman–Crippen LogP) is 0.0505. The van der Waals surface area contributed by atoms with Gasteiger partial charge in [-0.3, -0.25) is 4.79 Å². The van der Waals surface area contributed by atoms with Gasteiger partial charge in [0.05, 0.1) is 13.2 Å². The van der Waals surface area contributed by atoms with Crippen molar-refractivity contribution in [2.24, 2.45) is 5.73 Å². The Morgan fingerprint density at radius 1 is 1.23 bits per heavy atom. The number of amides is 1. The highest BCUT2D eigenvalue weighted by Crippen LogP contribution is 2.20. The van der Waals surface area contributed by atoms with Crippen LogP contribution in [-0.2, 0) is 4.79 Å². The van der Waals surface area contributed by atoms with Gasteiger partial charge in [0.1, 0.15) is 6.04 Å². The lowest BCUT2D eigenvalue weighted by Crippen LogP contribution is -2.48. The Kier molecular flexibility index (Phi) is 5.81. The summed E-state index contributed by atoms with van der Waals surface area (Å²) in [5.74, 6) is 0.144. The molecule has 4 N–H and O–H groups in total. The van der Waals surface area contributed by atoms with E-state index in [1.807, 2.05) is 30.3 Å². The maximum atomic E-state index is 11.9. The minimum atomic E-state index is -0.768. The number of carbonyl (C=O) groups excluding carboxylic acids is 1. The molecule has 22 heavy (non-hydrogen) atoms. The number of hydrogen-bond donors (Lipinski definition) is 3. The van der Waals surface area contributed by atoms with Gasteiger partial charge in [-0.25, -0.2) is 9.97 Å². The number of aromatic nitrogens is 2. The number of anilines is 2. The highest BCUT2D eigenvalue weighted by atomic mass is 16.3. The van der Waals surface area contributed by atoms with Crippen LogP contribution in [0.3, 0.4) is 0 Å². The first kappa shape index (κ1) is 15.9. The summed E-state index contributed by atoms with van der Waals surface area (Å²) >= 11 is 0. The largest absolute Gasteiger partial charge is 0.395 e. The standard InChI is InChI=1S/C15H19N5O2/c16-13(14(22)17-9-10-21)11-20(12-5-2-1-3-6-12)15-18-7-4-8-19-15/h1-8,13,21H,9-11,16H2,(H,17,22). The molecule has 1 atom stereocenters. The molecule has 0 aliphatic carbocycles. The molecule has 7 heteroatoms. The van der Waals surface area contributed by atoms with Crippen molar-refractivity contribution in [3.8, 4) is 0 Å². The molecule has 0 fully saturated rings. The average Bonchev–Trinajstić information content (AvgIpc) is 2.58. The molecule has 0 saturated heterocycles. The van der Waals surface area contributed by atoms with E-state index in [1.54, 1.807) is 23.4 Å². The Bertz CT molecular complexity index is 540. The van der Waals surface area contributed by atoms with E-state index >= 15 is 0 Å². The summed E-state index contributed by atoms with van der Waals surface area (Å²) in [6, 6.07) is 10.4. The van der Waals surface area contributed by atoms with Crippen LogP contribution in [-0.4, -0.2) is 46.7 Å². The van der Waals surface area contributed by atoms with Crippen LogP contribution < -0.4 is 16.0 Å². The molecule has 116 valence electrons. The van der Waals surface area contributed by atoms with Crippen LogP contribution in [0.15, 0.2) is 48.8 Å². The van der Waals surface area contributed by atoms with E-state index in [0.717, 1.165) is 5.69 Å². The van der Waals surface area contributed by atoms with Crippen molar-refractivity contribution < 1.29 is 9.90 Å². The Morgan fingerprint density at radius 2 is 1.91 bits per heavy atom. The molecule has 2 aromatic rings. The molecule has 1 heterocycles. The number of rotatable bonds is 7. The first-order chi connectivity index (χ1) is 10.7. The van der Waals surface area contributed by atoms with E-state index in [2.05, 4.69) is 15.3 Å². The number of nitrogens with one attached hydrogen (secondary N) is 1. The Morgan fingerprint density at radius 3 is 2.55 bits per heavy atom. The SMILES string of the molecule is NC(CN(c1ccccc1)c1ncccn1)C(=O)NCCO. The second-order valence-corrected chi connectivity index (χ2v) is 4.62. The smallest absolute Gasteiger partial charge is 0.238 e. The molecular formula is C15H19N5O2. The van der Waals surface area contributed by atoms with Crippen molar-refractivity contribution in [3.63, 3.8) is 0 Å². The first-order valence-corrected chi connectivity index (χ1v) is 6.96. The van der Waals surface area contributed by atoms with Crippen molar-refractivity contribution in [1.82, 2.24) is 15.3 Å². The molecule has 1 aromatic carbocycles. The van der Waals surface area contributed by atoms with Crippen LogP contribution in [0.5, 0.6) is 0 Å². The zero-order valence-electron chi connectivity index (χ0n) is 12.1. The Balaban J connectivity index is 2.17. The zero-order chi connectivity index (χ0) is 15.8. The van der Waals surface area contributed by atoms with Gasteiger partial charge in [-0.2, -0.15) is 0 Å². The average molecular weight is 301 g/mol. The fourth-order valence-electron chi connectivity index (χ4n) is 1.93. The highest BCUT2D eigenvalue weighted by Gasteiger charge is 2.20. The van der Waals surface area contributed by atoms with E-state index in [9.17, 15) is 4.79 Å². The highest BCUT2D eigenvalue weighted by molar-refractivity contribution is 5.82. The minimum Gasteiger partial charge on any atom is -0.395 e. The van der Waals surface area contributed by atoms with Gasteiger partial charge in [0, 0.05) is 24.6 Å². The number of para-hydroxylation sites is 1. The minimum absolute atomic E-state index is 0.122. The first-order valence-electron chi connectivity index (χ1n) is 6.96. The van der Waals surface area contributed by atoms with Gasteiger partial charge in [0.15, 0.2) is 0 Å². The maximum Gasteiger partial charge on any atom is 0.238 e. The molecular weight excluding hydrogens is 282 g/mol. The summed E-state index contributed by atoms with van der Waals surface area (Å²) in [6.07, 6.45) is 3.27. The molecule has 1 amide bonds. The molecule has 0 spiro atoms. The molecule has 0 radical (unpaired) electrons. The molecule has 1 aromatic heterocycles. The van der Waals surface area contributed by atoms with Crippen molar-refractivity contribution >= 4 is 17.5 Å². The van der Waals surface area contributed by atoms with Gasteiger partial charge >= 0.3 is 0 Å². The third-order valence-electron chi connectivity index (χ3n) is 2.99. The quantitative estimate of drug-likeness (QED) is 0.667. The molecule has 0 aliphatic heterocycles. The van der Waals surface area contributed by atoms with Gasteiger partial charge in [-0.05, 0) is 18.2 Å². The van der Waals surface area contributed by atoms with Crippen molar-refractivity contribution in [3.05, 3.63) is 48.8 Å². The fourth-order valence-corrected chi connectivity index (χ4v) is 1.93. The molecule has 0 aliphatic rings. The van der Waals surface area contributed by atoms with Crippen LogP contribution in [0.1, 0.15) is 0 Å². The van der Waals surface area contributed by atoms with E-state index in [4.69, 9.17) is 10.8 Å². The van der Waals surface area contributed by atoms with Crippen LogP contribution in [0.2, 0.25) is 0 Å². The van der Waals surface area contributed by atoms with E-state index in [0.29, 0.717) is 5.95 Å². The summed E-state index contributed by atoms with van der Waals surface area (Å²) in [5.41, 5.74) is 6.79. The van der Waals surface area contributed by atoms with E-state index < -0.39 is 6.04 Å². The number of nitrogens with zero attached hydrogens (tertiary/aromatic N) is 3. The van der Waals surface area contributed by atoms with Gasteiger partial charge in [0.25, 0.3) is 0 Å². The van der Waals surface area contributed by atoms with Crippen LogP contribution >= 0.6 is 0 Å². The third-order valence-corrected chi connectivity index (χ3v) is 2.99. The van der Waals surface area contributed by atoms with Gasteiger partial charge < -0.3 is 21.1 Å². The van der Waals surface area contributed by atoms with Crippen LogP contribution in [0.4, 0.5) is 11.6 Å². The molecule has 7 nitrogen and oxygen atoms in total. The van der Waals surface area contributed by atoms with Crippen molar-refractivity contribution in [2.75, 3.05) is 24.6 Å². The number of nitrogens with two attached hydrogens (primary N) is 1. The lowest BCUT2D eigenvalue weighted by atomic mass is 10.2. The Hall–Kier alpha value is -2.51. The lowest BCUT2D eigenvalue weighted by Gasteiger charge is -2.25. The molecule has 1 unspecified atom stereocenters. The number of benzene rings is 1. The number of aliphatic hydroxyl groups is 1. The number of carbonyl (C=O) groups is 1. The van der Waals surface area contributed by atoms with Gasteiger partial charge in [0.2, 0.25) is 11.9 Å². The second kappa shape index (κ2) is 8.06. The van der Waals surface area contributed by atoms with Gasteiger partial charge in [-0.1, -0.05) is 18.2 Å². The monoisotopic (exact) mass is 301 g/mol. The molecule has 0 bridgehead atoms. The lowest BCUT2D eigenvalue weighted by molar-refractivity contribution is -0.122. The maximum absolute atomic E-state index is 11.9. The zero-order valence-corrected chi connectivity index (χ0v) is 12.1. The second-order valence-electron chi connectivity index (χ2n) is 4.62. The molecule has 2 rings (SSSR count). The number of aliphatic hydroxyl groups excluding tert-OH is 1. The summed E-state index contributed by atoms with van der Waals surface area (Å²) in [6.45, 7) is 0.285. The Labute approximate surface area is 128 Å². The topological polar surface area (TPSA) is 104 Å². The number of hydrogen-bond acceptors (Lipinski definition) is 6. The summed E-state index contributed by atoms with van der Waals surface area (Å²) in [7, 11) is 0. The summed E-state index contributed by atoms with van der Waals surface area (Å²) < 4.78 is 0. The summed E-state index contributed by atoms with van der Waals surface area (Å²) in [4.78, 5) is 22.1. The summed E-state index contributed by atoms with van der Waals surface area (Å²) in [5, 5.41) is 11.3. The predicted molar refractivity (Wildman–Crippen MR) is 83.6 cm³/mol. The van der Waals surface area contributed by atoms with Crippen molar-refractivity contribution in [2.45, 2.75) is 6.04 Å². The van der Waals surface area contributed by atoms with E-state index in [1.165, 1.54) is 0 Å². The van der Waals surface area contributed by atoms with E-state index in [-0.39, 0.29) is 25.6 Å². The third kappa shape index (κ3) is 4.24.